The van der Waals surface area contributed by atoms with E-state index in [9.17, 15) is 4.79 Å². The number of nitrogens with one attached hydrogen (secondary N) is 1. The van der Waals surface area contributed by atoms with Crippen LogP contribution in [-0.2, 0) is 5.75 Å². The number of carbonyl (C=O) groups excluding carboxylic acids is 1. The molecule has 0 atom stereocenters. The van der Waals surface area contributed by atoms with E-state index in [-0.39, 0.29) is 5.91 Å². The number of rotatable bonds is 6. The van der Waals surface area contributed by atoms with Crippen LogP contribution in [0.3, 0.4) is 0 Å². The summed E-state index contributed by atoms with van der Waals surface area (Å²) in [7, 11) is 0. The fourth-order valence-corrected chi connectivity index (χ4v) is 4.46. The molecule has 1 heterocycles. The summed E-state index contributed by atoms with van der Waals surface area (Å²) in [6.45, 7) is 2.00. The average Bonchev–Trinajstić information content (AvgIpc) is 3.06. The molecule has 0 bridgehead atoms. The average molecular weight is 387 g/mol. The van der Waals surface area contributed by atoms with Crippen molar-refractivity contribution < 1.29 is 4.79 Å². The Bertz CT molecular complexity index is 859. The summed E-state index contributed by atoms with van der Waals surface area (Å²) in [5.41, 5.74) is 3.72. The summed E-state index contributed by atoms with van der Waals surface area (Å²) in [5, 5.41) is 5.00. The molecule has 1 N–H and O–H groups in total. The first-order chi connectivity index (χ1) is 12.1. The summed E-state index contributed by atoms with van der Waals surface area (Å²) in [4.78, 5) is 18.0. The number of hydrogen-bond donors (Lipinski definition) is 1. The van der Waals surface area contributed by atoms with Crippen LogP contribution in [0.2, 0.25) is 0 Å². The highest BCUT2D eigenvalue weighted by atomic mass is 32.2. The molecule has 0 saturated heterocycles. The predicted molar refractivity (Wildman–Crippen MR) is 109 cm³/mol. The van der Waals surface area contributed by atoms with E-state index in [2.05, 4.69) is 15.7 Å². The van der Waals surface area contributed by atoms with E-state index in [1.54, 1.807) is 34.9 Å². The van der Waals surface area contributed by atoms with E-state index in [1.165, 1.54) is 5.56 Å². The minimum atomic E-state index is -0.0898. The molecule has 0 aliphatic rings. The molecule has 3 nitrogen and oxygen atoms in total. The van der Waals surface area contributed by atoms with Crippen LogP contribution in [0.25, 0.3) is 0 Å². The largest absolute Gasteiger partial charge is 0.322 e. The lowest BCUT2D eigenvalue weighted by Gasteiger charge is -2.07. The Balaban J connectivity index is 1.60. The molecule has 3 aromatic rings. The molecule has 0 fully saturated rings. The monoisotopic (exact) mass is 386 g/mol. The van der Waals surface area contributed by atoms with Crippen LogP contribution in [0.4, 0.5) is 5.69 Å². The molecule has 0 aliphatic carbocycles. The lowest BCUT2D eigenvalue weighted by molar-refractivity contribution is 0.102. The molecule has 6 heteroatoms. The van der Waals surface area contributed by atoms with Gasteiger partial charge in [-0.2, -0.15) is 0 Å². The molecule has 0 spiro atoms. The molecule has 0 radical (unpaired) electrons. The Kier molecular flexibility index (Phi) is 6.18. The predicted octanol–water partition coefficient (Wildman–Crippen LogP) is 5.72. The van der Waals surface area contributed by atoms with Gasteiger partial charge in [0.25, 0.3) is 5.91 Å². The highest BCUT2D eigenvalue weighted by Gasteiger charge is 2.07. The van der Waals surface area contributed by atoms with E-state index in [4.69, 9.17) is 0 Å². The van der Waals surface area contributed by atoms with Crippen molar-refractivity contribution in [2.24, 2.45) is 0 Å². The van der Waals surface area contributed by atoms with E-state index in [1.807, 2.05) is 61.7 Å². The standard InChI is InChI=1S/C19H18N2OS3/c1-13-11-24-19(20-13)25-12-14-6-8-15(9-7-14)18(22)21-16-4-3-5-17(10-16)23-2/h3-11H,12H2,1-2H3,(H,21,22). The van der Waals surface area contributed by atoms with E-state index >= 15 is 0 Å². The summed E-state index contributed by atoms with van der Waals surface area (Å²) in [6.07, 6.45) is 2.02. The van der Waals surface area contributed by atoms with Crippen LogP contribution < -0.4 is 5.32 Å². The van der Waals surface area contributed by atoms with Crippen LogP contribution in [0.15, 0.2) is 63.1 Å². The number of aromatic nitrogens is 1. The molecule has 25 heavy (non-hydrogen) atoms. The third kappa shape index (κ3) is 5.11. The van der Waals surface area contributed by atoms with Crippen molar-refractivity contribution in [1.29, 1.82) is 0 Å². The van der Waals surface area contributed by atoms with Gasteiger partial charge in [-0.25, -0.2) is 4.98 Å². The Morgan fingerprint density at radius 3 is 2.68 bits per heavy atom. The summed E-state index contributed by atoms with van der Waals surface area (Å²) in [5.74, 6) is 0.762. The second-order valence-corrected chi connectivity index (χ2v) is 8.39. The van der Waals surface area contributed by atoms with Gasteiger partial charge in [-0.1, -0.05) is 30.0 Å². The zero-order valence-electron chi connectivity index (χ0n) is 14.0. The lowest BCUT2D eigenvalue weighted by Crippen LogP contribution is -2.11. The van der Waals surface area contributed by atoms with Crippen molar-refractivity contribution in [1.82, 2.24) is 4.98 Å². The van der Waals surface area contributed by atoms with Gasteiger partial charge in [-0.15, -0.1) is 23.1 Å². The van der Waals surface area contributed by atoms with Crippen LogP contribution in [0.1, 0.15) is 21.6 Å². The molecular weight excluding hydrogens is 368 g/mol. The number of nitrogens with zero attached hydrogens (tertiary/aromatic N) is 1. The van der Waals surface area contributed by atoms with Gasteiger partial charge >= 0.3 is 0 Å². The first kappa shape index (κ1) is 18.0. The zero-order valence-corrected chi connectivity index (χ0v) is 16.4. The first-order valence-electron chi connectivity index (χ1n) is 7.73. The molecule has 1 aromatic heterocycles. The van der Waals surface area contributed by atoms with Crippen molar-refractivity contribution in [3.63, 3.8) is 0 Å². The Hall–Kier alpha value is -1.76. The number of amides is 1. The molecule has 1 amide bonds. The Morgan fingerprint density at radius 1 is 1.20 bits per heavy atom. The van der Waals surface area contributed by atoms with Gasteiger partial charge in [0.15, 0.2) is 0 Å². The van der Waals surface area contributed by atoms with Crippen molar-refractivity contribution >= 4 is 46.5 Å². The van der Waals surface area contributed by atoms with E-state index < -0.39 is 0 Å². The summed E-state index contributed by atoms with van der Waals surface area (Å²) < 4.78 is 1.08. The molecule has 0 aliphatic heterocycles. The number of benzene rings is 2. The number of thioether (sulfide) groups is 2. The van der Waals surface area contributed by atoms with Crippen molar-refractivity contribution in [2.45, 2.75) is 21.9 Å². The SMILES string of the molecule is CSc1cccc(NC(=O)c2ccc(CSc3nc(C)cs3)cc2)c1. The number of anilines is 1. The highest BCUT2D eigenvalue weighted by molar-refractivity contribution is 8.00. The fourth-order valence-electron chi connectivity index (χ4n) is 2.20. The quantitative estimate of drug-likeness (QED) is 0.550. The van der Waals surface area contributed by atoms with Gasteiger partial charge in [0.2, 0.25) is 0 Å². The van der Waals surface area contributed by atoms with E-state index in [0.717, 1.165) is 26.4 Å². The Morgan fingerprint density at radius 2 is 2.00 bits per heavy atom. The number of carbonyl (C=O) groups is 1. The number of thiazole rings is 1. The van der Waals surface area contributed by atoms with Crippen LogP contribution in [0, 0.1) is 6.92 Å². The maximum atomic E-state index is 12.4. The van der Waals surface area contributed by atoms with Gasteiger partial charge in [0.05, 0.1) is 0 Å². The zero-order chi connectivity index (χ0) is 17.6. The molecule has 128 valence electrons. The molecule has 2 aromatic carbocycles. The number of aryl methyl sites for hydroxylation is 1. The highest BCUT2D eigenvalue weighted by Crippen LogP contribution is 2.26. The van der Waals surface area contributed by atoms with Crippen LogP contribution >= 0.6 is 34.9 Å². The normalized spacial score (nSPS) is 10.6. The van der Waals surface area contributed by atoms with E-state index in [0.29, 0.717) is 5.56 Å². The van der Waals surface area contributed by atoms with Gasteiger partial charge < -0.3 is 5.32 Å². The van der Waals surface area contributed by atoms with Gasteiger partial charge in [0, 0.05) is 33.0 Å². The van der Waals surface area contributed by atoms with Gasteiger partial charge in [0.1, 0.15) is 4.34 Å². The minimum absolute atomic E-state index is 0.0898. The van der Waals surface area contributed by atoms with Gasteiger partial charge in [-0.3, -0.25) is 4.79 Å². The summed E-state index contributed by atoms with van der Waals surface area (Å²) >= 11 is 5.04. The lowest BCUT2D eigenvalue weighted by atomic mass is 10.1. The topological polar surface area (TPSA) is 42.0 Å². The smallest absolute Gasteiger partial charge is 0.255 e. The first-order valence-corrected chi connectivity index (χ1v) is 10.8. The Labute approximate surface area is 160 Å². The van der Waals surface area contributed by atoms with Gasteiger partial charge in [-0.05, 0) is 49.1 Å². The fraction of sp³-hybridized carbons (Fsp3) is 0.158. The maximum Gasteiger partial charge on any atom is 0.255 e. The second kappa shape index (κ2) is 8.56. The third-order valence-corrected chi connectivity index (χ3v) is 6.44. The second-order valence-electron chi connectivity index (χ2n) is 5.43. The van der Waals surface area contributed by atoms with Crippen molar-refractivity contribution in [3.05, 3.63) is 70.7 Å². The maximum absolute atomic E-state index is 12.4. The summed E-state index contributed by atoms with van der Waals surface area (Å²) in [6, 6.07) is 15.6. The van der Waals surface area contributed by atoms with Crippen molar-refractivity contribution in [3.8, 4) is 0 Å². The van der Waals surface area contributed by atoms with Crippen LogP contribution in [-0.4, -0.2) is 17.1 Å². The minimum Gasteiger partial charge on any atom is -0.322 e. The van der Waals surface area contributed by atoms with Crippen molar-refractivity contribution in [2.75, 3.05) is 11.6 Å². The molecule has 3 rings (SSSR count). The molecule has 0 saturated carbocycles. The number of hydrogen-bond acceptors (Lipinski definition) is 5. The molecular formula is C19H18N2OS3. The molecule has 0 unspecified atom stereocenters. The van der Waals surface area contributed by atoms with Crippen LogP contribution in [0.5, 0.6) is 0 Å². The third-order valence-electron chi connectivity index (χ3n) is 3.50.